The monoisotopic (exact) mass is 365 g/mol. The minimum Gasteiger partial charge on any atom is -0.364 e. The summed E-state index contributed by atoms with van der Waals surface area (Å²) < 4.78 is 0. The average molecular weight is 365 g/mol. The number of carbonyl (C=O) groups excluding carboxylic acids is 2. The van der Waals surface area contributed by atoms with E-state index in [1.807, 2.05) is 24.3 Å². The first-order valence-corrected chi connectivity index (χ1v) is 8.25. The van der Waals surface area contributed by atoms with Crippen LogP contribution in [0.25, 0.3) is 10.8 Å². The number of rotatable bonds is 7. The maximum absolute atomic E-state index is 11.8. The summed E-state index contributed by atoms with van der Waals surface area (Å²) in [5.41, 5.74) is 6.05. The zero-order valence-corrected chi connectivity index (χ0v) is 14.7. The first kappa shape index (κ1) is 18.2. The van der Waals surface area contributed by atoms with Gasteiger partial charge in [0.15, 0.2) is 17.3 Å². The molecule has 5 N–H and O–H groups in total. The van der Waals surface area contributed by atoms with E-state index in [0.717, 1.165) is 17.1 Å². The van der Waals surface area contributed by atoms with Crippen molar-refractivity contribution in [2.24, 2.45) is 11.6 Å². The summed E-state index contributed by atoms with van der Waals surface area (Å²) in [7, 11) is 0. The van der Waals surface area contributed by atoms with Gasteiger partial charge in [0.2, 0.25) is 0 Å². The highest BCUT2D eigenvalue weighted by Crippen LogP contribution is 2.26. The normalized spacial score (nSPS) is 11.8. The lowest BCUT2D eigenvalue weighted by Crippen LogP contribution is -2.40. The highest BCUT2D eigenvalue weighted by molar-refractivity contribution is 5.99. The fraction of sp³-hybridized carbons (Fsp3) is 0.167. The fourth-order valence-corrected chi connectivity index (χ4v) is 2.59. The van der Waals surface area contributed by atoms with Crippen LogP contribution >= 0.6 is 0 Å². The number of aldehydes is 1. The molecular formula is C18H19N7O2. The van der Waals surface area contributed by atoms with Crippen molar-refractivity contribution in [3.05, 3.63) is 48.5 Å². The van der Waals surface area contributed by atoms with Crippen molar-refractivity contribution in [1.29, 1.82) is 0 Å². The molecule has 0 radical (unpaired) electrons. The van der Waals surface area contributed by atoms with E-state index in [0.29, 0.717) is 11.5 Å². The molecule has 2 aromatic heterocycles. The first-order valence-electron chi connectivity index (χ1n) is 8.25. The van der Waals surface area contributed by atoms with Crippen molar-refractivity contribution in [2.45, 2.75) is 19.4 Å². The number of nitrogens with two attached hydrogens (primary N) is 2. The predicted molar refractivity (Wildman–Crippen MR) is 102 cm³/mol. The third-order valence-corrected chi connectivity index (χ3v) is 4.09. The average Bonchev–Trinajstić information content (AvgIpc) is 2.67. The first-order chi connectivity index (χ1) is 13.0. The summed E-state index contributed by atoms with van der Waals surface area (Å²) in [6, 6.07) is 7.36. The highest BCUT2D eigenvalue weighted by Gasteiger charge is 2.18. The molecule has 1 atom stereocenters. The largest absolute Gasteiger partial charge is 0.364 e. The Labute approximate surface area is 155 Å². The number of hydrogen-bond donors (Lipinski definition) is 3. The lowest BCUT2D eigenvalue weighted by atomic mass is 10.1. The molecule has 138 valence electrons. The van der Waals surface area contributed by atoms with Gasteiger partial charge in [-0.15, -0.1) is 0 Å². The minimum absolute atomic E-state index is 0.0249. The van der Waals surface area contributed by atoms with Gasteiger partial charge in [0.25, 0.3) is 5.91 Å². The fourth-order valence-electron chi connectivity index (χ4n) is 2.59. The molecule has 1 aromatic carbocycles. The van der Waals surface area contributed by atoms with E-state index in [9.17, 15) is 9.59 Å². The Kier molecular flexibility index (Phi) is 5.23. The number of nitrogens with zero attached hydrogens (tertiary/aromatic N) is 4. The molecule has 1 amide bonds. The molecule has 9 nitrogen and oxygen atoms in total. The summed E-state index contributed by atoms with van der Waals surface area (Å²) in [5.74, 6) is 5.75. The number of primary amides is 1. The number of aromatic nitrogens is 3. The van der Waals surface area contributed by atoms with E-state index in [1.165, 1.54) is 11.2 Å². The summed E-state index contributed by atoms with van der Waals surface area (Å²) >= 11 is 0. The van der Waals surface area contributed by atoms with Gasteiger partial charge in [0.1, 0.15) is 6.29 Å². The van der Waals surface area contributed by atoms with E-state index in [2.05, 4.69) is 20.3 Å². The Morgan fingerprint density at radius 2 is 2.07 bits per heavy atom. The van der Waals surface area contributed by atoms with Crippen LogP contribution in [0.5, 0.6) is 0 Å². The number of anilines is 3. The van der Waals surface area contributed by atoms with E-state index in [4.69, 9.17) is 11.6 Å². The van der Waals surface area contributed by atoms with E-state index >= 15 is 0 Å². The van der Waals surface area contributed by atoms with Crippen LogP contribution in [0.3, 0.4) is 0 Å². The third-order valence-electron chi connectivity index (χ3n) is 4.09. The second-order valence-electron chi connectivity index (χ2n) is 5.98. The van der Waals surface area contributed by atoms with Crippen molar-refractivity contribution in [3.8, 4) is 0 Å². The summed E-state index contributed by atoms with van der Waals surface area (Å²) in [6.07, 6.45) is 5.70. The number of amides is 1. The van der Waals surface area contributed by atoms with Crippen LogP contribution in [0.2, 0.25) is 0 Å². The molecule has 0 saturated carbocycles. The Bertz CT molecular complexity index is 987. The Hall–Kier alpha value is -3.59. The van der Waals surface area contributed by atoms with Gasteiger partial charge in [-0.25, -0.2) is 15.8 Å². The number of hydrogen-bond acceptors (Lipinski definition) is 8. The van der Waals surface area contributed by atoms with Crippen molar-refractivity contribution in [3.63, 3.8) is 0 Å². The van der Waals surface area contributed by atoms with Gasteiger partial charge in [-0.3, -0.25) is 14.8 Å². The van der Waals surface area contributed by atoms with Crippen LogP contribution in [0, 0.1) is 0 Å². The molecular weight excluding hydrogens is 346 g/mol. The lowest BCUT2D eigenvalue weighted by Gasteiger charge is -2.24. The molecule has 0 saturated heterocycles. The highest BCUT2D eigenvalue weighted by atomic mass is 16.1. The van der Waals surface area contributed by atoms with Gasteiger partial charge < -0.3 is 15.8 Å². The summed E-state index contributed by atoms with van der Waals surface area (Å²) in [6.45, 7) is 1.78. The van der Waals surface area contributed by atoms with Crippen LogP contribution in [-0.2, 0) is 4.79 Å². The van der Waals surface area contributed by atoms with E-state index < -0.39 is 5.91 Å². The molecule has 0 aliphatic carbocycles. The van der Waals surface area contributed by atoms with Gasteiger partial charge in [-0.05, 0) is 6.92 Å². The van der Waals surface area contributed by atoms with Gasteiger partial charge in [-0.2, -0.15) is 0 Å². The maximum atomic E-state index is 11.8. The van der Waals surface area contributed by atoms with Crippen LogP contribution in [-0.4, -0.2) is 33.2 Å². The molecule has 2 heterocycles. The topological polar surface area (TPSA) is 140 Å². The Morgan fingerprint density at radius 1 is 1.30 bits per heavy atom. The predicted octanol–water partition coefficient (Wildman–Crippen LogP) is 1.52. The maximum Gasteiger partial charge on any atom is 0.271 e. The Balaban J connectivity index is 2.03. The van der Waals surface area contributed by atoms with Gasteiger partial charge in [0.05, 0.1) is 24.1 Å². The van der Waals surface area contributed by atoms with Gasteiger partial charge in [-0.1, -0.05) is 24.3 Å². The summed E-state index contributed by atoms with van der Waals surface area (Å²) in [4.78, 5) is 35.2. The minimum atomic E-state index is -0.728. The van der Waals surface area contributed by atoms with Crippen molar-refractivity contribution in [1.82, 2.24) is 15.0 Å². The van der Waals surface area contributed by atoms with Crippen molar-refractivity contribution >= 4 is 40.3 Å². The molecule has 0 bridgehead atoms. The van der Waals surface area contributed by atoms with E-state index in [-0.39, 0.29) is 24.0 Å². The van der Waals surface area contributed by atoms with Crippen molar-refractivity contribution < 1.29 is 9.59 Å². The molecule has 3 rings (SSSR count). The second-order valence-corrected chi connectivity index (χ2v) is 5.98. The number of pyridine rings is 1. The smallest absolute Gasteiger partial charge is 0.271 e. The lowest BCUT2D eigenvalue weighted by molar-refractivity contribution is -0.108. The number of nitrogens with one attached hydrogen (secondary N) is 1. The number of hydrazine groups is 1. The zero-order chi connectivity index (χ0) is 19.4. The molecule has 27 heavy (non-hydrogen) atoms. The zero-order valence-electron chi connectivity index (χ0n) is 14.7. The van der Waals surface area contributed by atoms with Crippen LogP contribution in [0.15, 0.2) is 42.9 Å². The van der Waals surface area contributed by atoms with Crippen molar-refractivity contribution in [2.75, 3.05) is 10.3 Å². The standard InChI is InChI=1S/C18H19N7O2/c1-11(6-7-26)25(20)15-10-22-16(17(19)27)18(24-15)23-14-9-21-8-12-4-2-3-5-13(12)14/h2-5,7-11H,6,20H2,1H3,(H2,19,27)(H,23,24)/t11-/m1/s1. The van der Waals surface area contributed by atoms with E-state index in [1.54, 1.807) is 19.3 Å². The third kappa shape index (κ3) is 3.82. The Morgan fingerprint density at radius 3 is 2.81 bits per heavy atom. The molecule has 0 aliphatic rings. The number of fused-ring (bicyclic) bond motifs is 1. The molecule has 0 fully saturated rings. The molecule has 0 unspecified atom stereocenters. The van der Waals surface area contributed by atoms with Crippen LogP contribution < -0.4 is 21.9 Å². The second kappa shape index (κ2) is 7.75. The number of benzene rings is 1. The van der Waals surface area contributed by atoms with Crippen LogP contribution in [0.4, 0.5) is 17.3 Å². The van der Waals surface area contributed by atoms with Gasteiger partial charge >= 0.3 is 0 Å². The molecule has 3 aromatic rings. The van der Waals surface area contributed by atoms with Gasteiger partial charge in [0, 0.05) is 23.4 Å². The molecule has 0 spiro atoms. The SMILES string of the molecule is C[C@H](CC=O)N(N)c1cnc(C(N)=O)c(Nc2cncc3ccccc23)n1. The quantitative estimate of drug-likeness (QED) is 0.325. The summed E-state index contributed by atoms with van der Waals surface area (Å²) in [5, 5.41) is 6.21. The van der Waals surface area contributed by atoms with Crippen LogP contribution in [0.1, 0.15) is 23.8 Å². The molecule has 9 heteroatoms. The number of carbonyl (C=O) groups is 2. The molecule has 0 aliphatic heterocycles.